The van der Waals surface area contributed by atoms with E-state index in [0.29, 0.717) is 5.82 Å². The van der Waals surface area contributed by atoms with Crippen LogP contribution in [0.4, 0.5) is 0 Å². The van der Waals surface area contributed by atoms with Gasteiger partial charge in [0, 0.05) is 18.9 Å². The van der Waals surface area contributed by atoms with Crippen molar-refractivity contribution in [2.45, 2.75) is 26.3 Å². The lowest BCUT2D eigenvalue weighted by Crippen LogP contribution is -2.02. The van der Waals surface area contributed by atoms with Crippen molar-refractivity contribution >= 4 is 5.97 Å². The largest absolute Gasteiger partial charge is 0.477 e. The maximum Gasteiger partial charge on any atom is 0.354 e. The number of hydrogen-bond acceptors (Lipinski definition) is 4. The molecule has 0 spiro atoms. The second-order valence-corrected chi connectivity index (χ2v) is 3.92. The minimum atomic E-state index is -1.06. The van der Waals surface area contributed by atoms with Crippen LogP contribution in [0.5, 0.6) is 0 Å². The van der Waals surface area contributed by atoms with E-state index in [9.17, 15) is 4.79 Å². The van der Waals surface area contributed by atoms with E-state index >= 15 is 0 Å². The van der Waals surface area contributed by atoms with Gasteiger partial charge in [-0.15, -0.1) is 0 Å². The molecule has 0 radical (unpaired) electrons. The van der Waals surface area contributed by atoms with Gasteiger partial charge in [-0.3, -0.25) is 4.68 Å². The number of carbonyl (C=O) groups is 1. The Morgan fingerprint density at radius 1 is 1.50 bits per heavy atom. The molecule has 0 aliphatic carbocycles. The smallest absolute Gasteiger partial charge is 0.354 e. The van der Waals surface area contributed by atoms with Gasteiger partial charge >= 0.3 is 5.97 Å². The summed E-state index contributed by atoms with van der Waals surface area (Å²) in [7, 11) is 0. The van der Waals surface area contributed by atoms with E-state index in [1.807, 2.05) is 10.9 Å². The minimum Gasteiger partial charge on any atom is -0.477 e. The predicted octanol–water partition coefficient (Wildman–Crippen LogP) is 1.84. The summed E-state index contributed by atoms with van der Waals surface area (Å²) in [5.74, 6) is -0.672. The van der Waals surface area contributed by atoms with Crippen molar-refractivity contribution in [2.24, 2.45) is 0 Å². The van der Waals surface area contributed by atoms with Gasteiger partial charge in [0.15, 0.2) is 11.5 Å². The highest BCUT2D eigenvalue weighted by atomic mass is 16.4. The Balaban J connectivity index is 2.23. The topological polar surface area (TPSA) is 80.9 Å². The predicted molar refractivity (Wildman–Crippen MR) is 65.1 cm³/mol. The normalized spacial score (nSPS) is 10.5. The summed E-state index contributed by atoms with van der Waals surface area (Å²) in [6.07, 6.45) is 7.07. The van der Waals surface area contributed by atoms with Gasteiger partial charge in [-0.2, -0.15) is 5.10 Å². The highest BCUT2D eigenvalue weighted by molar-refractivity contribution is 5.85. The highest BCUT2D eigenvalue weighted by Gasteiger charge is 2.09. The van der Waals surface area contributed by atoms with Crippen molar-refractivity contribution in [2.75, 3.05) is 0 Å². The number of hydrogen-bond donors (Lipinski definition) is 1. The average Bonchev–Trinajstić information content (AvgIpc) is 2.85. The summed E-state index contributed by atoms with van der Waals surface area (Å²) in [6, 6.07) is 1.37. The standard InChI is InChI=1S/C12H14N4O2/c1-2-3-6-16-8-9(7-14-16)11-13-5-4-10(15-11)12(17)18/h4-5,7-8H,2-3,6H2,1H3,(H,17,18). The molecule has 2 rings (SSSR count). The number of carboxylic acid groups (broad SMARTS) is 1. The Bertz CT molecular complexity index is 551. The molecule has 0 atom stereocenters. The van der Waals surface area contributed by atoms with Crippen molar-refractivity contribution in [3.63, 3.8) is 0 Å². The Kier molecular flexibility index (Phi) is 3.66. The average molecular weight is 246 g/mol. The van der Waals surface area contributed by atoms with Crippen molar-refractivity contribution in [3.05, 3.63) is 30.4 Å². The molecule has 0 aliphatic rings. The number of aryl methyl sites for hydroxylation is 1. The van der Waals surface area contributed by atoms with E-state index in [1.165, 1.54) is 12.3 Å². The van der Waals surface area contributed by atoms with Crippen LogP contribution in [0.25, 0.3) is 11.4 Å². The monoisotopic (exact) mass is 246 g/mol. The second kappa shape index (κ2) is 5.39. The number of unbranched alkanes of at least 4 members (excludes halogenated alkanes) is 1. The van der Waals surface area contributed by atoms with Crippen LogP contribution in [-0.4, -0.2) is 30.8 Å². The fourth-order valence-corrected chi connectivity index (χ4v) is 1.54. The van der Waals surface area contributed by atoms with Crippen molar-refractivity contribution in [1.82, 2.24) is 19.7 Å². The Hall–Kier alpha value is -2.24. The van der Waals surface area contributed by atoms with Crippen LogP contribution in [0, 0.1) is 0 Å². The Morgan fingerprint density at radius 3 is 3.06 bits per heavy atom. The van der Waals surface area contributed by atoms with Crippen LogP contribution in [0.2, 0.25) is 0 Å². The molecule has 0 fully saturated rings. The Labute approximate surface area is 104 Å². The quantitative estimate of drug-likeness (QED) is 0.870. The molecular formula is C12H14N4O2. The SMILES string of the molecule is CCCCn1cc(-c2nccc(C(=O)O)n2)cn1. The zero-order chi connectivity index (χ0) is 13.0. The number of rotatable bonds is 5. The zero-order valence-electron chi connectivity index (χ0n) is 10.1. The van der Waals surface area contributed by atoms with E-state index in [0.717, 1.165) is 24.9 Å². The third-order valence-corrected chi connectivity index (χ3v) is 2.51. The molecule has 6 heteroatoms. The van der Waals surface area contributed by atoms with Gasteiger partial charge in [-0.05, 0) is 12.5 Å². The van der Waals surface area contributed by atoms with E-state index in [1.54, 1.807) is 6.20 Å². The maximum atomic E-state index is 10.8. The molecular weight excluding hydrogens is 232 g/mol. The molecule has 0 aromatic carbocycles. The summed E-state index contributed by atoms with van der Waals surface area (Å²) in [5, 5.41) is 13.1. The summed E-state index contributed by atoms with van der Waals surface area (Å²) in [5.41, 5.74) is 0.718. The van der Waals surface area contributed by atoms with Crippen molar-refractivity contribution in [1.29, 1.82) is 0 Å². The molecule has 0 unspecified atom stereocenters. The van der Waals surface area contributed by atoms with Crippen molar-refractivity contribution < 1.29 is 9.90 Å². The molecule has 2 heterocycles. The molecule has 1 N–H and O–H groups in total. The van der Waals surface area contributed by atoms with E-state index < -0.39 is 5.97 Å². The van der Waals surface area contributed by atoms with Gasteiger partial charge in [0.2, 0.25) is 0 Å². The molecule has 0 amide bonds. The van der Waals surface area contributed by atoms with Gasteiger partial charge in [0.05, 0.1) is 11.8 Å². The molecule has 18 heavy (non-hydrogen) atoms. The number of carboxylic acids is 1. The first-order chi connectivity index (χ1) is 8.70. The molecule has 0 bridgehead atoms. The first-order valence-corrected chi connectivity index (χ1v) is 5.80. The van der Waals surface area contributed by atoms with Crippen molar-refractivity contribution in [3.8, 4) is 11.4 Å². The maximum absolute atomic E-state index is 10.8. The minimum absolute atomic E-state index is 0.0127. The molecule has 0 aliphatic heterocycles. The Morgan fingerprint density at radius 2 is 2.33 bits per heavy atom. The van der Waals surface area contributed by atoms with Gasteiger partial charge < -0.3 is 5.11 Å². The van der Waals surface area contributed by atoms with Crippen LogP contribution >= 0.6 is 0 Å². The van der Waals surface area contributed by atoms with Crippen LogP contribution in [-0.2, 0) is 6.54 Å². The molecule has 0 saturated heterocycles. The molecule has 2 aromatic rings. The molecule has 6 nitrogen and oxygen atoms in total. The van der Waals surface area contributed by atoms with Gasteiger partial charge in [0.25, 0.3) is 0 Å². The van der Waals surface area contributed by atoms with Gasteiger partial charge in [-0.1, -0.05) is 13.3 Å². The lowest BCUT2D eigenvalue weighted by atomic mass is 10.3. The third-order valence-electron chi connectivity index (χ3n) is 2.51. The molecule has 2 aromatic heterocycles. The first-order valence-electron chi connectivity index (χ1n) is 5.80. The van der Waals surface area contributed by atoms with Gasteiger partial charge in [-0.25, -0.2) is 14.8 Å². The summed E-state index contributed by atoms with van der Waals surface area (Å²) in [4.78, 5) is 18.8. The summed E-state index contributed by atoms with van der Waals surface area (Å²) >= 11 is 0. The van der Waals surface area contributed by atoms with E-state index in [-0.39, 0.29) is 5.69 Å². The molecule has 0 saturated carbocycles. The fourth-order valence-electron chi connectivity index (χ4n) is 1.54. The lowest BCUT2D eigenvalue weighted by molar-refractivity contribution is 0.0690. The lowest BCUT2D eigenvalue weighted by Gasteiger charge is -1.98. The fraction of sp³-hybridized carbons (Fsp3) is 0.333. The third kappa shape index (κ3) is 2.71. The highest BCUT2D eigenvalue weighted by Crippen LogP contribution is 2.13. The number of aromatic carboxylic acids is 1. The molecule has 94 valence electrons. The number of aromatic nitrogens is 4. The number of nitrogens with zero attached hydrogens (tertiary/aromatic N) is 4. The van der Waals surface area contributed by atoms with Crippen LogP contribution in [0.1, 0.15) is 30.3 Å². The summed E-state index contributed by atoms with van der Waals surface area (Å²) in [6.45, 7) is 2.96. The van der Waals surface area contributed by atoms with Gasteiger partial charge in [0.1, 0.15) is 0 Å². The first kappa shape index (κ1) is 12.2. The van der Waals surface area contributed by atoms with E-state index in [2.05, 4.69) is 22.0 Å². The second-order valence-electron chi connectivity index (χ2n) is 3.92. The van der Waals surface area contributed by atoms with Crippen LogP contribution in [0.3, 0.4) is 0 Å². The zero-order valence-corrected chi connectivity index (χ0v) is 10.1. The van der Waals surface area contributed by atoms with Crippen LogP contribution in [0.15, 0.2) is 24.7 Å². The summed E-state index contributed by atoms with van der Waals surface area (Å²) < 4.78 is 1.82. The van der Waals surface area contributed by atoms with Crippen LogP contribution < -0.4 is 0 Å². The van der Waals surface area contributed by atoms with E-state index in [4.69, 9.17) is 5.11 Å².